The Bertz CT molecular complexity index is 1200. The van der Waals surface area contributed by atoms with Crippen molar-refractivity contribution < 1.29 is 38.6 Å². The van der Waals surface area contributed by atoms with Gasteiger partial charge in [-0.2, -0.15) is 0 Å². The van der Waals surface area contributed by atoms with Crippen LogP contribution in [0.25, 0.3) is 0 Å². The van der Waals surface area contributed by atoms with E-state index < -0.39 is 48.5 Å². The number of hydrogen-bond donors (Lipinski definition) is 2. The molecule has 0 saturated carbocycles. The predicted octanol–water partition coefficient (Wildman–Crippen LogP) is 4.40. The predicted molar refractivity (Wildman–Crippen MR) is 156 cm³/mol. The molecule has 3 aromatic carbocycles. The third-order valence-corrected chi connectivity index (χ3v) is 8.04. The first kappa shape index (κ1) is 30.8. The number of hydrogen-bond acceptors (Lipinski definition) is 8. The molecule has 8 atom stereocenters. The molecule has 0 unspecified atom stereocenters. The van der Waals surface area contributed by atoms with Crippen LogP contribution < -0.4 is 0 Å². The second kappa shape index (κ2) is 14.7. The Morgan fingerprint density at radius 3 is 1.81 bits per heavy atom. The van der Waals surface area contributed by atoms with Crippen LogP contribution in [0.3, 0.4) is 0 Å². The van der Waals surface area contributed by atoms with Crippen molar-refractivity contribution in [3.8, 4) is 0 Å². The number of aliphatic hydroxyl groups excluding tert-OH is 1. The third-order valence-electron chi connectivity index (χ3n) is 8.04. The molecule has 0 radical (unpaired) electrons. The van der Waals surface area contributed by atoms with E-state index in [0.717, 1.165) is 16.7 Å². The molecule has 226 valence electrons. The maximum Gasteiger partial charge on any atom is 0.187 e. The smallest absolute Gasteiger partial charge is 0.187 e. The normalized spacial score (nSPS) is 31.3. The number of aliphatic hydroxyl groups is 2. The standard InChI is InChI=1S/C34H42O8/c1-3-34(36)23-40-33(32(34)35)42-29-24(2)41-28(22-37-19-25-13-7-4-8-14-25)30(38-20-26-15-9-5-10-16-26)31(29)39-21-27-17-11-6-12-18-27/h4-18,24,28-33,35-36H,3,19-23H2,1-2H3/t24-,28+,29-,30+,31+,32+,33+,34-/m1/s1. The fraction of sp³-hybridized carbons (Fsp3) is 0.471. The third kappa shape index (κ3) is 7.64. The van der Waals surface area contributed by atoms with E-state index in [9.17, 15) is 10.2 Å². The number of rotatable bonds is 13. The molecule has 2 aliphatic rings. The molecule has 3 aromatic rings. The van der Waals surface area contributed by atoms with E-state index in [-0.39, 0.29) is 13.2 Å². The van der Waals surface area contributed by atoms with E-state index in [1.54, 1.807) is 6.92 Å². The second-order valence-electron chi connectivity index (χ2n) is 11.1. The van der Waals surface area contributed by atoms with Gasteiger partial charge in [0.2, 0.25) is 0 Å². The van der Waals surface area contributed by atoms with Crippen LogP contribution in [0.2, 0.25) is 0 Å². The van der Waals surface area contributed by atoms with Gasteiger partial charge in [-0.15, -0.1) is 0 Å². The van der Waals surface area contributed by atoms with Crippen molar-refractivity contribution in [2.75, 3.05) is 13.2 Å². The van der Waals surface area contributed by atoms with Gasteiger partial charge in [0.1, 0.15) is 36.1 Å². The lowest BCUT2D eigenvalue weighted by Gasteiger charge is -2.46. The van der Waals surface area contributed by atoms with Crippen LogP contribution in [-0.4, -0.2) is 71.9 Å². The zero-order valence-corrected chi connectivity index (χ0v) is 24.3. The molecule has 2 fully saturated rings. The summed E-state index contributed by atoms with van der Waals surface area (Å²) in [5.74, 6) is 0. The Labute approximate surface area is 248 Å². The minimum Gasteiger partial charge on any atom is -0.385 e. The van der Waals surface area contributed by atoms with Gasteiger partial charge in [0.25, 0.3) is 0 Å². The Morgan fingerprint density at radius 1 is 0.762 bits per heavy atom. The molecule has 2 aliphatic heterocycles. The Balaban J connectivity index is 1.38. The molecule has 0 bridgehead atoms. The molecular weight excluding hydrogens is 536 g/mol. The summed E-state index contributed by atoms with van der Waals surface area (Å²) in [6.07, 6.45) is -4.60. The van der Waals surface area contributed by atoms with Gasteiger partial charge in [-0.3, -0.25) is 0 Å². The maximum absolute atomic E-state index is 10.9. The largest absolute Gasteiger partial charge is 0.385 e. The van der Waals surface area contributed by atoms with Crippen molar-refractivity contribution in [2.24, 2.45) is 0 Å². The molecule has 0 amide bonds. The van der Waals surface area contributed by atoms with Crippen molar-refractivity contribution in [3.63, 3.8) is 0 Å². The van der Waals surface area contributed by atoms with E-state index in [4.69, 9.17) is 28.4 Å². The first-order valence-electron chi connectivity index (χ1n) is 14.7. The zero-order chi connectivity index (χ0) is 29.4. The molecule has 8 heteroatoms. The summed E-state index contributed by atoms with van der Waals surface area (Å²) in [7, 11) is 0. The van der Waals surface area contributed by atoms with Gasteiger partial charge in [-0.05, 0) is 30.0 Å². The highest BCUT2D eigenvalue weighted by Gasteiger charge is 2.52. The molecule has 2 N–H and O–H groups in total. The molecule has 0 aliphatic carbocycles. The van der Waals surface area contributed by atoms with Crippen molar-refractivity contribution in [1.29, 1.82) is 0 Å². The highest BCUT2D eigenvalue weighted by Crippen LogP contribution is 2.35. The monoisotopic (exact) mass is 578 g/mol. The first-order chi connectivity index (χ1) is 20.5. The zero-order valence-electron chi connectivity index (χ0n) is 24.3. The average Bonchev–Trinajstić information content (AvgIpc) is 3.31. The number of benzene rings is 3. The number of ether oxygens (including phenoxy) is 6. The van der Waals surface area contributed by atoms with Crippen LogP contribution in [0.15, 0.2) is 91.0 Å². The van der Waals surface area contributed by atoms with Gasteiger partial charge >= 0.3 is 0 Å². The van der Waals surface area contributed by atoms with Crippen molar-refractivity contribution >= 4 is 0 Å². The van der Waals surface area contributed by atoms with Crippen LogP contribution >= 0.6 is 0 Å². The fourth-order valence-corrected chi connectivity index (χ4v) is 5.45. The van der Waals surface area contributed by atoms with Crippen molar-refractivity contribution in [3.05, 3.63) is 108 Å². The minimum atomic E-state index is -1.37. The maximum atomic E-state index is 10.9. The highest BCUT2D eigenvalue weighted by atomic mass is 16.7. The van der Waals surface area contributed by atoms with Crippen molar-refractivity contribution in [2.45, 2.75) is 88.6 Å². The summed E-state index contributed by atoms with van der Waals surface area (Å²) in [6, 6.07) is 29.8. The van der Waals surface area contributed by atoms with Crippen LogP contribution in [0.4, 0.5) is 0 Å². The Morgan fingerprint density at radius 2 is 1.29 bits per heavy atom. The van der Waals surface area contributed by atoms with Crippen LogP contribution in [0.5, 0.6) is 0 Å². The molecule has 0 aromatic heterocycles. The fourth-order valence-electron chi connectivity index (χ4n) is 5.45. The van der Waals surface area contributed by atoms with Gasteiger partial charge in [-0.1, -0.05) is 97.9 Å². The quantitative estimate of drug-likeness (QED) is 0.308. The second-order valence-corrected chi connectivity index (χ2v) is 11.1. The lowest BCUT2D eigenvalue weighted by molar-refractivity contribution is -0.299. The van der Waals surface area contributed by atoms with E-state index in [2.05, 4.69) is 0 Å². The van der Waals surface area contributed by atoms with Crippen LogP contribution in [0.1, 0.15) is 37.0 Å². The van der Waals surface area contributed by atoms with E-state index in [0.29, 0.717) is 26.2 Å². The van der Waals surface area contributed by atoms with Crippen molar-refractivity contribution in [1.82, 2.24) is 0 Å². The average molecular weight is 579 g/mol. The molecule has 42 heavy (non-hydrogen) atoms. The van der Waals surface area contributed by atoms with Crippen LogP contribution in [-0.2, 0) is 48.2 Å². The lowest BCUT2D eigenvalue weighted by atomic mass is 9.94. The molecule has 2 saturated heterocycles. The highest BCUT2D eigenvalue weighted by molar-refractivity contribution is 5.15. The lowest BCUT2D eigenvalue weighted by Crippen LogP contribution is -2.61. The van der Waals surface area contributed by atoms with Gasteiger partial charge < -0.3 is 38.6 Å². The molecule has 2 heterocycles. The summed E-state index contributed by atoms with van der Waals surface area (Å²) < 4.78 is 37.9. The molecule has 0 spiro atoms. The minimum absolute atomic E-state index is 0.0171. The van der Waals surface area contributed by atoms with Gasteiger partial charge in [0.05, 0.1) is 39.1 Å². The van der Waals surface area contributed by atoms with Gasteiger partial charge in [0, 0.05) is 0 Å². The summed E-state index contributed by atoms with van der Waals surface area (Å²) in [5, 5.41) is 21.7. The summed E-state index contributed by atoms with van der Waals surface area (Å²) in [5.41, 5.74) is 1.71. The molecule has 5 rings (SSSR count). The van der Waals surface area contributed by atoms with E-state index in [1.807, 2.05) is 97.9 Å². The van der Waals surface area contributed by atoms with Crippen LogP contribution in [0, 0.1) is 0 Å². The topological polar surface area (TPSA) is 95.8 Å². The Hall–Kier alpha value is -2.66. The molecular formula is C34H42O8. The van der Waals surface area contributed by atoms with Gasteiger partial charge in [0.15, 0.2) is 6.29 Å². The summed E-state index contributed by atoms with van der Waals surface area (Å²) in [6.45, 7) is 5.09. The van der Waals surface area contributed by atoms with Gasteiger partial charge in [-0.25, -0.2) is 0 Å². The molecule has 8 nitrogen and oxygen atoms in total. The summed E-state index contributed by atoms with van der Waals surface area (Å²) in [4.78, 5) is 0. The summed E-state index contributed by atoms with van der Waals surface area (Å²) >= 11 is 0. The Kier molecular flexibility index (Phi) is 10.8. The first-order valence-corrected chi connectivity index (χ1v) is 14.7. The van der Waals surface area contributed by atoms with E-state index >= 15 is 0 Å². The van der Waals surface area contributed by atoms with E-state index in [1.165, 1.54) is 0 Å². The SMILES string of the molecule is CC[C@@]1(O)CO[C@@H](O[C@H]2[C@H](OCc3ccccc3)[C@@H](OCc3ccccc3)[C@H](COCc3ccccc3)O[C@@H]2C)[C@@H]1O.